The first-order valence-electron chi connectivity index (χ1n) is 4.79. The van der Waals surface area contributed by atoms with E-state index in [0.717, 1.165) is 35.1 Å². The lowest BCUT2D eigenvalue weighted by atomic mass is 9.91. The number of piperidine rings is 1. The highest BCUT2D eigenvalue weighted by atomic mass is 127. The molecule has 1 aliphatic heterocycles. The van der Waals surface area contributed by atoms with Gasteiger partial charge in [0.2, 0.25) is 5.95 Å². The molecule has 1 aromatic heterocycles. The van der Waals surface area contributed by atoms with Gasteiger partial charge < -0.3 is 5.32 Å². The first-order chi connectivity index (χ1) is 6.79. The van der Waals surface area contributed by atoms with Crippen molar-refractivity contribution in [1.82, 2.24) is 10.3 Å². The summed E-state index contributed by atoms with van der Waals surface area (Å²) < 4.78 is 14.5. The molecule has 0 saturated carbocycles. The molecule has 1 aromatic rings. The van der Waals surface area contributed by atoms with Crippen molar-refractivity contribution >= 4 is 22.6 Å². The van der Waals surface area contributed by atoms with E-state index in [9.17, 15) is 4.39 Å². The maximum absolute atomic E-state index is 13.5. The van der Waals surface area contributed by atoms with Gasteiger partial charge in [0.05, 0.1) is 0 Å². The Morgan fingerprint density at radius 1 is 1.43 bits per heavy atom. The van der Waals surface area contributed by atoms with Crippen molar-refractivity contribution in [3.63, 3.8) is 0 Å². The molecule has 0 bridgehead atoms. The van der Waals surface area contributed by atoms with Gasteiger partial charge in [-0.05, 0) is 60.5 Å². The van der Waals surface area contributed by atoms with Crippen molar-refractivity contribution in [2.24, 2.45) is 0 Å². The van der Waals surface area contributed by atoms with Crippen molar-refractivity contribution in [2.75, 3.05) is 13.1 Å². The Labute approximate surface area is 96.4 Å². The normalized spacial score (nSPS) is 18.4. The van der Waals surface area contributed by atoms with Crippen LogP contribution >= 0.6 is 22.6 Å². The molecule has 1 aliphatic rings. The van der Waals surface area contributed by atoms with E-state index in [1.807, 2.05) is 6.07 Å². The Morgan fingerprint density at radius 2 is 2.14 bits per heavy atom. The smallest absolute Gasteiger partial charge is 0.217 e. The zero-order valence-electron chi connectivity index (χ0n) is 7.76. The quantitative estimate of drug-likeness (QED) is 0.636. The first-order valence-corrected chi connectivity index (χ1v) is 5.87. The molecule has 0 aliphatic carbocycles. The number of nitrogens with zero attached hydrogens (tertiary/aromatic N) is 1. The van der Waals surface area contributed by atoms with E-state index in [4.69, 9.17) is 0 Å². The summed E-state index contributed by atoms with van der Waals surface area (Å²) in [7, 11) is 0. The van der Waals surface area contributed by atoms with Gasteiger partial charge in [0.15, 0.2) is 0 Å². The van der Waals surface area contributed by atoms with Crippen LogP contribution in [0.4, 0.5) is 4.39 Å². The highest BCUT2D eigenvalue weighted by molar-refractivity contribution is 14.1. The Hall–Kier alpha value is -0.230. The monoisotopic (exact) mass is 306 g/mol. The molecule has 2 rings (SSSR count). The van der Waals surface area contributed by atoms with E-state index in [0.29, 0.717) is 5.92 Å². The first kappa shape index (κ1) is 10.3. The summed E-state index contributed by atoms with van der Waals surface area (Å²) in [6.07, 6.45) is 3.55. The predicted molar refractivity (Wildman–Crippen MR) is 61.8 cm³/mol. The average Bonchev–Trinajstić information content (AvgIpc) is 2.19. The maximum Gasteiger partial charge on any atom is 0.217 e. The predicted octanol–water partition coefficient (Wildman–Crippen LogP) is 2.29. The van der Waals surface area contributed by atoms with Crippen LogP contribution in [0.5, 0.6) is 0 Å². The van der Waals surface area contributed by atoms with Gasteiger partial charge >= 0.3 is 0 Å². The molecule has 1 fully saturated rings. The molecule has 14 heavy (non-hydrogen) atoms. The molecule has 2 heterocycles. The highest BCUT2D eigenvalue weighted by Crippen LogP contribution is 2.29. The van der Waals surface area contributed by atoms with Gasteiger partial charge in [0.1, 0.15) is 0 Å². The maximum atomic E-state index is 13.5. The van der Waals surface area contributed by atoms with Gasteiger partial charge in [-0.15, -0.1) is 0 Å². The van der Waals surface area contributed by atoms with Crippen molar-refractivity contribution < 1.29 is 4.39 Å². The summed E-state index contributed by atoms with van der Waals surface area (Å²) in [5.41, 5.74) is 0.814. The molecule has 2 nitrogen and oxygen atoms in total. The fourth-order valence-electron chi connectivity index (χ4n) is 1.90. The standard InChI is InChI=1S/C10H12FIN2/c11-10-9(8(12)3-6-14-10)7-1-4-13-5-2-7/h3,6-7,13H,1-2,4-5H2. The molecule has 0 aromatic carbocycles. The Kier molecular flexibility index (Phi) is 3.33. The van der Waals surface area contributed by atoms with Gasteiger partial charge in [-0.3, -0.25) is 0 Å². The van der Waals surface area contributed by atoms with Crippen LogP contribution in [0.15, 0.2) is 12.3 Å². The van der Waals surface area contributed by atoms with Gasteiger partial charge in [-0.1, -0.05) is 0 Å². The van der Waals surface area contributed by atoms with Crippen molar-refractivity contribution in [3.8, 4) is 0 Å². The van der Waals surface area contributed by atoms with E-state index in [1.54, 1.807) is 0 Å². The lowest BCUT2D eigenvalue weighted by Crippen LogP contribution is -2.27. The zero-order valence-corrected chi connectivity index (χ0v) is 9.92. The Balaban J connectivity index is 2.29. The average molecular weight is 306 g/mol. The molecule has 0 atom stereocenters. The van der Waals surface area contributed by atoms with E-state index >= 15 is 0 Å². The summed E-state index contributed by atoms with van der Waals surface area (Å²) in [5, 5.41) is 3.28. The Morgan fingerprint density at radius 3 is 2.79 bits per heavy atom. The lowest BCUT2D eigenvalue weighted by molar-refractivity contribution is 0.436. The molecule has 0 unspecified atom stereocenters. The molecule has 1 N–H and O–H groups in total. The topological polar surface area (TPSA) is 24.9 Å². The number of rotatable bonds is 1. The fourth-order valence-corrected chi connectivity index (χ4v) is 2.72. The molecule has 1 saturated heterocycles. The number of halogens is 2. The number of nitrogens with one attached hydrogen (secondary N) is 1. The summed E-state index contributed by atoms with van der Waals surface area (Å²) in [5.74, 6) is 0.0562. The van der Waals surface area contributed by atoms with Gasteiger partial charge in [-0.25, -0.2) is 4.98 Å². The van der Waals surface area contributed by atoms with Gasteiger partial charge in [0, 0.05) is 15.3 Å². The second kappa shape index (κ2) is 4.53. The summed E-state index contributed by atoms with van der Waals surface area (Å²) in [4.78, 5) is 3.72. The molecule has 76 valence electrons. The third-order valence-electron chi connectivity index (χ3n) is 2.64. The van der Waals surface area contributed by atoms with Crippen LogP contribution in [0.25, 0.3) is 0 Å². The largest absolute Gasteiger partial charge is 0.317 e. The summed E-state index contributed by atoms with van der Waals surface area (Å²) in [6, 6.07) is 1.88. The van der Waals surface area contributed by atoms with Gasteiger partial charge in [0.25, 0.3) is 0 Å². The third kappa shape index (κ3) is 2.06. The zero-order chi connectivity index (χ0) is 9.97. The molecular formula is C10H12FIN2. The van der Waals surface area contributed by atoms with Crippen LogP contribution in [0.1, 0.15) is 24.3 Å². The molecule has 0 amide bonds. The van der Waals surface area contributed by atoms with E-state index in [-0.39, 0.29) is 5.95 Å². The minimum Gasteiger partial charge on any atom is -0.317 e. The number of aromatic nitrogens is 1. The van der Waals surface area contributed by atoms with Crippen LogP contribution in [0, 0.1) is 9.52 Å². The molecule has 4 heteroatoms. The summed E-state index contributed by atoms with van der Waals surface area (Å²) in [6.45, 7) is 1.96. The van der Waals surface area contributed by atoms with Crippen LogP contribution < -0.4 is 5.32 Å². The van der Waals surface area contributed by atoms with E-state index < -0.39 is 0 Å². The van der Waals surface area contributed by atoms with Crippen molar-refractivity contribution in [1.29, 1.82) is 0 Å². The molecule has 0 radical (unpaired) electrons. The number of pyridine rings is 1. The SMILES string of the molecule is Fc1nccc(I)c1C1CCNCC1. The van der Waals surface area contributed by atoms with Crippen molar-refractivity contribution in [2.45, 2.75) is 18.8 Å². The van der Waals surface area contributed by atoms with Gasteiger partial charge in [-0.2, -0.15) is 4.39 Å². The summed E-state index contributed by atoms with van der Waals surface area (Å²) >= 11 is 2.19. The highest BCUT2D eigenvalue weighted by Gasteiger charge is 2.21. The third-order valence-corrected chi connectivity index (χ3v) is 3.58. The van der Waals surface area contributed by atoms with Crippen LogP contribution in [-0.2, 0) is 0 Å². The molecular weight excluding hydrogens is 294 g/mol. The Bertz CT molecular complexity index is 304. The van der Waals surface area contributed by atoms with Crippen LogP contribution in [0.2, 0.25) is 0 Å². The van der Waals surface area contributed by atoms with Crippen molar-refractivity contribution in [3.05, 3.63) is 27.3 Å². The number of hydrogen-bond donors (Lipinski definition) is 1. The van der Waals surface area contributed by atoms with E-state index in [2.05, 4.69) is 32.9 Å². The van der Waals surface area contributed by atoms with E-state index in [1.165, 1.54) is 6.20 Å². The molecule has 0 spiro atoms. The fraction of sp³-hybridized carbons (Fsp3) is 0.500. The second-order valence-electron chi connectivity index (χ2n) is 3.52. The lowest BCUT2D eigenvalue weighted by Gasteiger charge is -2.23. The minimum atomic E-state index is -0.288. The van der Waals surface area contributed by atoms with Crippen LogP contribution in [0.3, 0.4) is 0 Å². The number of hydrogen-bond acceptors (Lipinski definition) is 2. The van der Waals surface area contributed by atoms with Crippen LogP contribution in [-0.4, -0.2) is 18.1 Å². The second-order valence-corrected chi connectivity index (χ2v) is 4.68. The minimum absolute atomic E-state index is 0.288.